The minimum absolute atomic E-state index is 0.127. The zero-order valence-corrected chi connectivity index (χ0v) is 15.5. The number of esters is 1. The van der Waals surface area contributed by atoms with E-state index in [0.29, 0.717) is 11.4 Å². The normalized spacial score (nSPS) is 18.0. The van der Waals surface area contributed by atoms with E-state index in [9.17, 15) is 14.4 Å². The van der Waals surface area contributed by atoms with Crippen molar-refractivity contribution in [2.24, 2.45) is 0 Å². The third-order valence-electron chi connectivity index (χ3n) is 4.14. The Morgan fingerprint density at radius 1 is 1.21 bits per heavy atom. The number of benzene rings is 2. The molecule has 2 amide bonds. The van der Waals surface area contributed by atoms with Gasteiger partial charge in [0.25, 0.3) is 11.5 Å². The van der Waals surface area contributed by atoms with Crippen LogP contribution in [-0.4, -0.2) is 30.0 Å². The van der Waals surface area contributed by atoms with Crippen molar-refractivity contribution in [3.05, 3.63) is 60.2 Å². The molecule has 1 aliphatic rings. The largest absolute Gasteiger partial charge is 0.464 e. The second-order valence-corrected chi connectivity index (χ2v) is 6.25. The Labute approximate surface area is 162 Å². The Bertz CT molecular complexity index is 939. The van der Waals surface area contributed by atoms with Gasteiger partial charge in [-0.25, -0.2) is 4.79 Å². The Hall–Kier alpha value is -3.61. The van der Waals surface area contributed by atoms with Crippen LogP contribution in [0.15, 0.2) is 54.6 Å². The van der Waals surface area contributed by atoms with Gasteiger partial charge in [0.05, 0.1) is 12.3 Å². The first-order valence-corrected chi connectivity index (χ1v) is 8.78. The van der Waals surface area contributed by atoms with E-state index in [-0.39, 0.29) is 18.3 Å². The molecule has 0 unspecified atom stereocenters. The average Bonchev–Trinajstić information content (AvgIpc) is 2.68. The van der Waals surface area contributed by atoms with Crippen LogP contribution in [0.1, 0.15) is 19.4 Å². The van der Waals surface area contributed by atoms with Crippen LogP contribution < -0.4 is 15.4 Å². The number of carbonyl (C=O) groups excluding carboxylic acids is 3. The molecule has 0 saturated carbocycles. The van der Waals surface area contributed by atoms with E-state index < -0.39 is 17.5 Å². The van der Waals surface area contributed by atoms with Gasteiger partial charge in [-0.15, -0.1) is 0 Å². The summed E-state index contributed by atoms with van der Waals surface area (Å²) in [5.74, 6) is -1.45. The van der Waals surface area contributed by atoms with Gasteiger partial charge in [0.1, 0.15) is 5.75 Å². The van der Waals surface area contributed by atoms with Crippen molar-refractivity contribution >= 4 is 35.2 Å². The lowest BCUT2D eigenvalue weighted by atomic mass is 10.0. The van der Waals surface area contributed by atoms with Crippen molar-refractivity contribution < 1.29 is 23.9 Å². The van der Waals surface area contributed by atoms with Crippen molar-refractivity contribution in [3.8, 4) is 5.75 Å². The van der Waals surface area contributed by atoms with Crippen LogP contribution in [0, 0.1) is 0 Å². The Kier molecular flexibility index (Phi) is 5.44. The molecule has 3 rings (SSSR count). The van der Waals surface area contributed by atoms with Crippen molar-refractivity contribution in [3.63, 3.8) is 0 Å². The van der Waals surface area contributed by atoms with Gasteiger partial charge in [-0.2, -0.15) is 0 Å². The molecule has 144 valence electrons. The van der Waals surface area contributed by atoms with Crippen LogP contribution in [0.4, 0.5) is 11.4 Å². The summed E-state index contributed by atoms with van der Waals surface area (Å²) in [4.78, 5) is 36.5. The fourth-order valence-corrected chi connectivity index (χ4v) is 2.62. The first-order chi connectivity index (χ1) is 13.4. The standard InChI is InChI=1S/C21H20N2O5/c1-3-27-20(26)21(2)19(25)23-16-11-10-15(13-17(16)28-21)22-18(24)12-9-14-7-5-4-6-8-14/h4-13H,3H2,1-2H3,(H,22,24)(H,23,25)/b12-9+/t21-/m0/s1. The van der Waals surface area contributed by atoms with E-state index >= 15 is 0 Å². The number of hydrogen-bond donors (Lipinski definition) is 2. The summed E-state index contributed by atoms with van der Waals surface area (Å²) in [5.41, 5.74) is -0.0217. The molecule has 1 heterocycles. The van der Waals surface area contributed by atoms with Crippen LogP contribution in [0.25, 0.3) is 6.08 Å². The molecule has 2 aromatic rings. The molecule has 0 radical (unpaired) electrons. The number of hydrogen-bond acceptors (Lipinski definition) is 5. The Balaban J connectivity index is 1.75. The molecule has 0 spiro atoms. The Morgan fingerprint density at radius 3 is 2.68 bits per heavy atom. The maximum absolute atomic E-state index is 12.3. The minimum Gasteiger partial charge on any atom is -0.464 e. The number of nitrogens with one attached hydrogen (secondary N) is 2. The molecule has 0 bridgehead atoms. The topological polar surface area (TPSA) is 93.7 Å². The van der Waals surface area contributed by atoms with Crippen molar-refractivity contribution in [2.45, 2.75) is 19.4 Å². The van der Waals surface area contributed by atoms with Gasteiger partial charge in [-0.05, 0) is 37.6 Å². The van der Waals surface area contributed by atoms with E-state index in [1.807, 2.05) is 30.3 Å². The molecule has 7 nitrogen and oxygen atoms in total. The van der Waals surface area contributed by atoms with Gasteiger partial charge in [0.2, 0.25) is 5.91 Å². The van der Waals surface area contributed by atoms with Crippen molar-refractivity contribution in [1.82, 2.24) is 0 Å². The van der Waals surface area contributed by atoms with E-state index in [0.717, 1.165) is 5.56 Å². The van der Waals surface area contributed by atoms with Crippen LogP contribution >= 0.6 is 0 Å². The molecule has 0 saturated heterocycles. The van der Waals surface area contributed by atoms with Crippen LogP contribution in [0.2, 0.25) is 0 Å². The van der Waals surface area contributed by atoms with Crippen LogP contribution in [0.3, 0.4) is 0 Å². The molecule has 7 heteroatoms. The number of rotatable bonds is 5. The molecule has 2 N–H and O–H groups in total. The fraction of sp³-hybridized carbons (Fsp3) is 0.190. The quantitative estimate of drug-likeness (QED) is 0.472. The third-order valence-corrected chi connectivity index (χ3v) is 4.14. The average molecular weight is 380 g/mol. The van der Waals surface area contributed by atoms with E-state index in [1.54, 1.807) is 31.2 Å². The highest BCUT2D eigenvalue weighted by Gasteiger charge is 2.48. The summed E-state index contributed by atoms with van der Waals surface area (Å²) in [6, 6.07) is 14.2. The first kappa shape index (κ1) is 19.2. The summed E-state index contributed by atoms with van der Waals surface area (Å²) < 4.78 is 10.6. The third kappa shape index (κ3) is 4.03. The molecule has 1 aliphatic heterocycles. The molecule has 1 atom stereocenters. The van der Waals surface area contributed by atoms with Gasteiger partial charge in [-0.3, -0.25) is 9.59 Å². The predicted octanol–water partition coefficient (Wildman–Crippen LogP) is 2.99. The van der Waals surface area contributed by atoms with Gasteiger partial charge in [-0.1, -0.05) is 30.3 Å². The zero-order chi connectivity index (χ0) is 20.1. The molecule has 0 fully saturated rings. The summed E-state index contributed by atoms with van der Waals surface area (Å²) in [5, 5.41) is 5.35. The highest BCUT2D eigenvalue weighted by Crippen LogP contribution is 2.36. The molecular weight excluding hydrogens is 360 g/mol. The maximum Gasteiger partial charge on any atom is 0.360 e. The molecule has 2 aromatic carbocycles. The SMILES string of the molecule is CCOC(=O)[C@@]1(C)Oc2cc(NC(=O)/C=C/c3ccccc3)ccc2NC1=O. The molecular formula is C21H20N2O5. The van der Waals surface area contributed by atoms with Crippen molar-refractivity contribution in [2.75, 3.05) is 17.2 Å². The first-order valence-electron chi connectivity index (χ1n) is 8.78. The monoisotopic (exact) mass is 380 g/mol. The van der Waals surface area contributed by atoms with Gasteiger partial charge in [0, 0.05) is 17.8 Å². The number of carbonyl (C=O) groups is 3. The van der Waals surface area contributed by atoms with E-state index in [2.05, 4.69) is 10.6 Å². The highest BCUT2D eigenvalue weighted by molar-refractivity contribution is 6.14. The van der Waals surface area contributed by atoms with Crippen LogP contribution in [0.5, 0.6) is 5.75 Å². The molecule has 28 heavy (non-hydrogen) atoms. The number of fused-ring (bicyclic) bond motifs is 1. The zero-order valence-electron chi connectivity index (χ0n) is 15.5. The summed E-state index contributed by atoms with van der Waals surface area (Å²) >= 11 is 0. The lowest BCUT2D eigenvalue weighted by Crippen LogP contribution is -2.55. The lowest BCUT2D eigenvalue weighted by molar-refractivity contribution is -0.165. The Morgan fingerprint density at radius 2 is 1.96 bits per heavy atom. The fourth-order valence-electron chi connectivity index (χ4n) is 2.62. The second kappa shape index (κ2) is 7.96. The number of ether oxygens (including phenoxy) is 2. The van der Waals surface area contributed by atoms with E-state index in [1.165, 1.54) is 13.0 Å². The predicted molar refractivity (Wildman–Crippen MR) is 105 cm³/mol. The summed E-state index contributed by atoms with van der Waals surface area (Å²) in [6.45, 7) is 3.12. The maximum atomic E-state index is 12.3. The van der Waals surface area contributed by atoms with Crippen LogP contribution in [-0.2, 0) is 19.1 Å². The van der Waals surface area contributed by atoms with Gasteiger partial charge >= 0.3 is 5.97 Å². The van der Waals surface area contributed by atoms with Gasteiger partial charge in [0.15, 0.2) is 0 Å². The van der Waals surface area contributed by atoms with Gasteiger partial charge < -0.3 is 20.1 Å². The number of anilines is 2. The smallest absolute Gasteiger partial charge is 0.360 e. The number of amides is 2. The van der Waals surface area contributed by atoms with E-state index in [4.69, 9.17) is 9.47 Å². The minimum atomic E-state index is -1.79. The molecule has 0 aromatic heterocycles. The highest BCUT2D eigenvalue weighted by atomic mass is 16.6. The summed E-state index contributed by atoms with van der Waals surface area (Å²) in [6.07, 6.45) is 3.11. The summed E-state index contributed by atoms with van der Waals surface area (Å²) in [7, 11) is 0. The molecule has 0 aliphatic carbocycles. The second-order valence-electron chi connectivity index (χ2n) is 6.25. The lowest BCUT2D eigenvalue weighted by Gasteiger charge is -2.32. The van der Waals surface area contributed by atoms with Crippen molar-refractivity contribution in [1.29, 1.82) is 0 Å².